The van der Waals surface area contributed by atoms with Crippen molar-refractivity contribution >= 4 is 27.5 Å². The number of primary amides is 1. The van der Waals surface area contributed by atoms with Crippen LogP contribution in [0.3, 0.4) is 0 Å². The van der Waals surface area contributed by atoms with Crippen LogP contribution in [0.1, 0.15) is 5.69 Å². The number of nitrogens with zero attached hydrogens (tertiary/aromatic N) is 5. The molecule has 3 heterocycles. The van der Waals surface area contributed by atoms with E-state index in [0.717, 1.165) is 9.87 Å². The molecule has 0 unspecified atom stereocenters. The average molecular weight is 452 g/mol. The standard InChI is InChI=1S/C21H20N6O4S/c1-26(32(29,30)17-6-4-16(31-2)5-7-17)21-23-10-9-18(25-21)14-3-8-20-24-15(11-19(22)28)13-27(20)12-14/h3-10,12-13H,11H2,1-2H3,(H2,22,28). The van der Waals surface area contributed by atoms with Crippen LogP contribution in [0, 0.1) is 0 Å². The van der Waals surface area contributed by atoms with Crippen LogP contribution < -0.4 is 14.8 Å². The lowest BCUT2D eigenvalue weighted by atomic mass is 10.2. The molecule has 0 aliphatic heterocycles. The number of imidazole rings is 1. The average Bonchev–Trinajstić information content (AvgIpc) is 3.19. The molecule has 1 amide bonds. The number of amides is 1. The lowest BCUT2D eigenvalue weighted by Gasteiger charge is -2.18. The zero-order chi connectivity index (χ0) is 22.9. The maximum Gasteiger partial charge on any atom is 0.266 e. The smallest absolute Gasteiger partial charge is 0.266 e. The highest BCUT2D eigenvalue weighted by atomic mass is 32.2. The van der Waals surface area contributed by atoms with Gasteiger partial charge in [-0.05, 0) is 42.5 Å². The minimum atomic E-state index is -3.87. The molecule has 0 fully saturated rings. The number of benzene rings is 1. The quantitative estimate of drug-likeness (QED) is 0.451. The maximum absolute atomic E-state index is 13.0. The predicted molar refractivity (Wildman–Crippen MR) is 118 cm³/mol. The molecule has 10 nitrogen and oxygen atoms in total. The van der Waals surface area contributed by atoms with Crippen molar-refractivity contribution < 1.29 is 17.9 Å². The van der Waals surface area contributed by atoms with Crippen LogP contribution in [0.5, 0.6) is 5.75 Å². The Morgan fingerprint density at radius 1 is 1.09 bits per heavy atom. The molecule has 2 N–H and O–H groups in total. The Balaban J connectivity index is 1.66. The molecule has 0 aliphatic carbocycles. The molecule has 0 saturated heterocycles. The van der Waals surface area contributed by atoms with Gasteiger partial charge in [-0.1, -0.05) is 0 Å². The van der Waals surface area contributed by atoms with Gasteiger partial charge in [-0.25, -0.2) is 27.7 Å². The lowest BCUT2D eigenvalue weighted by Crippen LogP contribution is -2.28. The van der Waals surface area contributed by atoms with Gasteiger partial charge in [0.2, 0.25) is 11.9 Å². The molecule has 0 spiro atoms. The molecule has 0 radical (unpaired) electrons. The van der Waals surface area contributed by atoms with Crippen LogP contribution in [0.2, 0.25) is 0 Å². The number of pyridine rings is 1. The maximum atomic E-state index is 13.0. The highest BCUT2D eigenvalue weighted by Crippen LogP contribution is 2.24. The fourth-order valence-corrected chi connectivity index (χ4v) is 4.23. The third kappa shape index (κ3) is 4.10. The summed E-state index contributed by atoms with van der Waals surface area (Å²) in [6.07, 6.45) is 5.04. The molecule has 32 heavy (non-hydrogen) atoms. The normalized spacial score (nSPS) is 11.4. The number of hydrogen-bond donors (Lipinski definition) is 1. The van der Waals surface area contributed by atoms with E-state index < -0.39 is 15.9 Å². The summed E-state index contributed by atoms with van der Waals surface area (Å²) < 4.78 is 33.9. The van der Waals surface area contributed by atoms with E-state index >= 15 is 0 Å². The summed E-state index contributed by atoms with van der Waals surface area (Å²) in [4.78, 5) is 24.1. The molecular weight excluding hydrogens is 432 g/mol. The van der Waals surface area contributed by atoms with Crippen LogP contribution in [0.25, 0.3) is 16.9 Å². The number of carbonyl (C=O) groups is 1. The molecule has 11 heteroatoms. The van der Waals surface area contributed by atoms with Gasteiger partial charge in [-0.15, -0.1) is 0 Å². The summed E-state index contributed by atoms with van der Waals surface area (Å²) in [5, 5.41) is 0. The molecule has 0 saturated carbocycles. The first kappa shape index (κ1) is 21.2. The minimum Gasteiger partial charge on any atom is -0.497 e. The van der Waals surface area contributed by atoms with Gasteiger partial charge >= 0.3 is 0 Å². The molecule has 0 bridgehead atoms. The van der Waals surface area contributed by atoms with Gasteiger partial charge in [0.15, 0.2) is 0 Å². The molecule has 164 valence electrons. The fraction of sp³-hybridized carbons (Fsp3) is 0.143. The second kappa shape index (κ2) is 8.27. The Labute approximate surface area is 184 Å². The topological polar surface area (TPSA) is 133 Å². The minimum absolute atomic E-state index is 0.0264. The second-order valence-electron chi connectivity index (χ2n) is 6.95. The summed E-state index contributed by atoms with van der Waals surface area (Å²) in [5.41, 5.74) is 7.70. The second-order valence-corrected chi connectivity index (χ2v) is 8.92. The molecule has 3 aromatic heterocycles. The van der Waals surface area contributed by atoms with Gasteiger partial charge in [-0.3, -0.25) is 4.79 Å². The van der Waals surface area contributed by atoms with Gasteiger partial charge in [0.1, 0.15) is 11.4 Å². The molecular formula is C21H20N6O4S. The third-order valence-corrected chi connectivity index (χ3v) is 6.55. The van der Waals surface area contributed by atoms with Crippen molar-refractivity contribution in [2.75, 3.05) is 18.5 Å². The number of methoxy groups -OCH3 is 1. The Bertz CT molecular complexity index is 1400. The van der Waals surface area contributed by atoms with Crippen molar-refractivity contribution in [2.45, 2.75) is 11.3 Å². The summed E-state index contributed by atoms with van der Waals surface area (Å²) >= 11 is 0. The molecule has 0 aliphatic rings. The van der Waals surface area contributed by atoms with Crippen LogP contribution in [-0.2, 0) is 21.2 Å². The van der Waals surface area contributed by atoms with Crippen molar-refractivity contribution in [3.05, 3.63) is 66.7 Å². The van der Waals surface area contributed by atoms with Crippen LogP contribution in [0.4, 0.5) is 5.95 Å². The van der Waals surface area contributed by atoms with Crippen LogP contribution in [-0.4, -0.2) is 47.8 Å². The Hall–Kier alpha value is -3.99. The number of hydrogen-bond acceptors (Lipinski definition) is 7. The number of rotatable bonds is 7. The first-order chi connectivity index (χ1) is 15.3. The number of fused-ring (bicyclic) bond motifs is 1. The number of nitrogens with two attached hydrogens (primary N) is 1. The molecule has 4 rings (SSSR count). The largest absolute Gasteiger partial charge is 0.497 e. The van der Waals surface area contributed by atoms with E-state index in [9.17, 15) is 13.2 Å². The highest BCUT2D eigenvalue weighted by molar-refractivity contribution is 7.92. The lowest BCUT2D eigenvalue weighted by molar-refractivity contribution is -0.117. The van der Waals surface area contributed by atoms with Gasteiger partial charge in [0.25, 0.3) is 10.0 Å². The van der Waals surface area contributed by atoms with Crippen molar-refractivity contribution in [3.63, 3.8) is 0 Å². The van der Waals surface area contributed by atoms with Crippen LogP contribution in [0.15, 0.2) is 66.0 Å². The number of carbonyl (C=O) groups excluding carboxylic acids is 1. The Morgan fingerprint density at radius 2 is 1.84 bits per heavy atom. The van der Waals surface area contributed by atoms with E-state index in [1.54, 1.807) is 47.1 Å². The van der Waals surface area contributed by atoms with Crippen molar-refractivity contribution in [1.29, 1.82) is 0 Å². The van der Waals surface area contributed by atoms with E-state index in [-0.39, 0.29) is 17.3 Å². The van der Waals surface area contributed by atoms with Crippen molar-refractivity contribution in [1.82, 2.24) is 19.4 Å². The van der Waals surface area contributed by atoms with Gasteiger partial charge in [0, 0.05) is 31.2 Å². The van der Waals surface area contributed by atoms with E-state index in [2.05, 4.69) is 15.0 Å². The van der Waals surface area contributed by atoms with E-state index in [1.807, 2.05) is 0 Å². The molecule has 4 aromatic rings. The Morgan fingerprint density at radius 3 is 2.53 bits per heavy atom. The van der Waals surface area contributed by atoms with Crippen molar-refractivity contribution in [3.8, 4) is 17.0 Å². The first-order valence-corrected chi connectivity index (χ1v) is 10.9. The van der Waals surface area contributed by atoms with Gasteiger partial charge < -0.3 is 14.9 Å². The zero-order valence-electron chi connectivity index (χ0n) is 17.3. The summed E-state index contributed by atoms with van der Waals surface area (Å²) in [5.74, 6) is 0.118. The number of ether oxygens (including phenoxy) is 1. The van der Waals surface area contributed by atoms with E-state index in [4.69, 9.17) is 10.5 Å². The molecule has 0 atom stereocenters. The summed E-state index contributed by atoms with van der Waals surface area (Å²) in [6, 6.07) is 11.3. The van der Waals surface area contributed by atoms with Gasteiger partial charge in [0.05, 0.1) is 29.8 Å². The number of anilines is 1. The Kier molecular flexibility index (Phi) is 5.49. The molecule has 1 aromatic carbocycles. The number of aromatic nitrogens is 4. The van der Waals surface area contributed by atoms with E-state index in [0.29, 0.717) is 22.8 Å². The van der Waals surface area contributed by atoms with E-state index in [1.165, 1.54) is 32.5 Å². The SMILES string of the molecule is COc1ccc(S(=O)(=O)N(C)c2nccc(-c3ccc4nc(CC(N)=O)cn4c3)n2)cc1. The third-order valence-electron chi connectivity index (χ3n) is 4.79. The van der Waals surface area contributed by atoms with Crippen LogP contribution >= 0.6 is 0 Å². The zero-order valence-corrected chi connectivity index (χ0v) is 18.2. The highest BCUT2D eigenvalue weighted by Gasteiger charge is 2.23. The monoisotopic (exact) mass is 452 g/mol. The van der Waals surface area contributed by atoms with Crippen molar-refractivity contribution in [2.24, 2.45) is 5.73 Å². The fourth-order valence-electron chi connectivity index (χ4n) is 3.13. The summed E-state index contributed by atoms with van der Waals surface area (Å²) in [6.45, 7) is 0. The van der Waals surface area contributed by atoms with Gasteiger partial charge in [-0.2, -0.15) is 0 Å². The summed E-state index contributed by atoms with van der Waals surface area (Å²) in [7, 11) is -0.960. The predicted octanol–water partition coefficient (Wildman–Crippen LogP) is 1.65. The number of sulfonamides is 1. The first-order valence-electron chi connectivity index (χ1n) is 9.50.